The smallest absolute Gasteiger partial charge is 0.408 e. The Morgan fingerprint density at radius 2 is 1.10 bits per heavy atom. The Labute approximate surface area is 127 Å². The van der Waals surface area contributed by atoms with Crippen molar-refractivity contribution < 1.29 is 27.9 Å². The summed E-state index contributed by atoms with van der Waals surface area (Å²) in [6, 6.07) is 0. The van der Waals surface area contributed by atoms with Crippen LogP contribution < -0.4 is 0 Å². The van der Waals surface area contributed by atoms with E-state index in [0.29, 0.717) is 13.2 Å². The Hall–Kier alpha value is -0.0452. The maximum Gasteiger partial charge on any atom is 0.457 e. The summed E-state index contributed by atoms with van der Waals surface area (Å²) in [5, 5.41) is 0. The monoisotopic (exact) mass is 296 g/mol. The number of hydrogen-bond acceptors (Lipinski definition) is 6. The summed E-state index contributed by atoms with van der Waals surface area (Å²) < 4.78 is 35.2. The molecule has 0 aliphatic carbocycles. The van der Waals surface area contributed by atoms with Crippen molar-refractivity contribution in [3.05, 3.63) is 0 Å². The highest BCUT2D eigenvalue weighted by Gasteiger charge is 2.51. The summed E-state index contributed by atoms with van der Waals surface area (Å²) >= 11 is 0. The maximum absolute atomic E-state index is 6.07. The lowest BCUT2D eigenvalue weighted by Gasteiger charge is -2.46. The maximum atomic E-state index is 6.07. The molecule has 0 spiro atoms. The van der Waals surface area contributed by atoms with Crippen LogP contribution in [0.2, 0.25) is 19.0 Å². The van der Waals surface area contributed by atoms with Crippen LogP contribution in [0, 0.1) is 0 Å². The van der Waals surface area contributed by atoms with Crippen molar-refractivity contribution in [1.29, 1.82) is 0 Å². The van der Waals surface area contributed by atoms with E-state index in [1.165, 1.54) is 0 Å². The van der Waals surface area contributed by atoms with E-state index in [1.54, 1.807) is 0 Å². The molecule has 0 aromatic heterocycles. The molecular formula is C12H23B3O6. The molecule has 3 fully saturated rings. The summed E-state index contributed by atoms with van der Waals surface area (Å²) in [6.45, 7) is 7.23. The highest BCUT2D eigenvalue weighted by Crippen LogP contribution is 2.31. The van der Waals surface area contributed by atoms with Gasteiger partial charge in [0.15, 0.2) is 0 Å². The fourth-order valence-corrected chi connectivity index (χ4v) is 3.05. The first-order valence-corrected chi connectivity index (χ1v) is 8.10. The van der Waals surface area contributed by atoms with E-state index in [1.807, 2.05) is 20.8 Å². The fraction of sp³-hybridized carbons (Fsp3) is 1.00. The molecule has 3 saturated heterocycles. The van der Waals surface area contributed by atoms with Crippen LogP contribution >= 0.6 is 0 Å². The zero-order chi connectivity index (χ0) is 14.8. The van der Waals surface area contributed by atoms with Crippen LogP contribution in [-0.4, -0.2) is 59.0 Å². The molecule has 116 valence electrons. The minimum atomic E-state index is -0.231. The lowest BCUT2D eigenvalue weighted by Crippen LogP contribution is -2.63. The molecule has 4 atom stereocenters. The van der Waals surface area contributed by atoms with Crippen molar-refractivity contribution in [2.45, 2.75) is 64.1 Å². The Balaban J connectivity index is 1.71. The molecular weight excluding hydrogens is 273 g/mol. The quantitative estimate of drug-likeness (QED) is 0.725. The lowest BCUT2D eigenvalue weighted by atomic mass is 9.78. The molecule has 6 nitrogen and oxygen atoms in total. The Morgan fingerprint density at radius 3 is 1.62 bits per heavy atom. The Kier molecular flexibility index (Phi) is 5.29. The first-order valence-electron chi connectivity index (χ1n) is 8.10. The molecule has 0 aromatic rings. The van der Waals surface area contributed by atoms with Gasteiger partial charge in [-0.05, 0) is 19.0 Å². The standard InChI is InChI=1S/C12H23B3O6/c1-4-13-16-7-9(18-13)12-11-10(19-15(6-3)21-12)8-17-14(5-2)20-11/h9-12H,4-8H2,1-3H3/t9-,10+,11-,12-/m1/s1. The largest absolute Gasteiger partial charge is 0.457 e. The van der Waals surface area contributed by atoms with Gasteiger partial charge in [-0.3, -0.25) is 0 Å². The van der Waals surface area contributed by atoms with Gasteiger partial charge in [-0.15, -0.1) is 0 Å². The van der Waals surface area contributed by atoms with Gasteiger partial charge in [-0.1, -0.05) is 20.8 Å². The topological polar surface area (TPSA) is 55.4 Å². The van der Waals surface area contributed by atoms with E-state index in [4.69, 9.17) is 27.9 Å². The average molecular weight is 296 g/mol. The number of fused-ring (bicyclic) bond motifs is 1. The third kappa shape index (κ3) is 3.33. The molecule has 3 rings (SSSR count). The van der Waals surface area contributed by atoms with E-state index >= 15 is 0 Å². The van der Waals surface area contributed by atoms with Crippen molar-refractivity contribution in [1.82, 2.24) is 0 Å². The van der Waals surface area contributed by atoms with E-state index in [9.17, 15) is 0 Å². The van der Waals surface area contributed by atoms with Crippen molar-refractivity contribution in [2.75, 3.05) is 13.2 Å². The first-order chi connectivity index (χ1) is 10.2. The second kappa shape index (κ2) is 7.02. The summed E-state index contributed by atoms with van der Waals surface area (Å²) in [5.41, 5.74) is 0. The summed E-state index contributed by atoms with van der Waals surface area (Å²) in [4.78, 5) is 0. The van der Waals surface area contributed by atoms with Gasteiger partial charge in [0.25, 0.3) is 0 Å². The van der Waals surface area contributed by atoms with Gasteiger partial charge in [-0.25, -0.2) is 0 Å². The zero-order valence-electron chi connectivity index (χ0n) is 13.0. The van der Waals surface area contributed by atoms with Gasteiger partial charge in [-0.2, -0.15) is 0 Å². The highest BCUT2D eigenvalue weighted by molar-refractivity contribution is 6.46. The molecule has 3 heterocycles. The molecule has 3 aliphatic rings. The predicted molar refractivity (Wildman–Crippen MR) is 80.1 cm³/mol. The first kappa shape index (κ1) is 15.8. The molecule has 0 aromatic carbocycles. The van der Waals surface area contributed by atoms with Crippen LogP contribution in [-0.2, 0) is 27.9 Å². The molecule has 3 aliphatic heterocycles. The molecule has 0 radical (unpaired) electrons. The van der Waals surface area contributed by atoms with Crippen LogP contribution in [0.3, 0.4) is 0 Å². The van der Waals surface area contributed by atoms with Gasteiger partial charge >= 0.3 is 21.4 Å². The van der Waals surface area contributed by atoms with E-state index in [0.717, 1.165) is 19.0 Å². The van der Waals surface area contributed by atoms with Gasteiger partial charge in [0.05, 0.1) is 37.6 Å². The van der Waals surface area contributed by atoms with Crippen LogP contribution in [0.5, 0.6) is 0 Å². The van der Waals surface area contributed by atoms with Crippen molar-refractivity contribution in [2.24, 2.45) is 0 Å². The molecule has 0 bridgehead atoms. The van der Waals surface area contributed by atoms with Gasteiger partial charge < -0.3 is 27.9 Å². The summed E-state index contributed by atoms with van der Waals surface area (Å²) in [5.74, 6) is 0. The molecule has 21 heavy (non-hydrogen) atoms. The average Bonchev–Trinajstić information content (AvgIpc) is 3.02. The third-order valence-corrected chi connectivity index (χ3v) is 4.22. The molecule has 0 unspecified atom stereocenters. The molecule has 0 saturated carbocycles. The van der Waals surface area contributed by atoms with Gasteiger partial charge in [0, 0.05) is 0 Å². The Morgan fingerprint density at radius 1 is 0.667 bits per heavy atom. The second-order valence-electron chi connectivity index (χ2n) is 5.73. The van der Waals surface area contributed by atoms with Crippen molar-refractivity contribution >= 4 is 21.4 Å². The Bertz CT molecular complexity index is 349. The minimum Gasteiger partial charge on any atom is -0.408 e. The van der Waals surface area contributed by atoms with Crippen LogP contribution in [0.4, 0.5) is 0 Å². The zero-order valence-corrected chi connectivity index (χ0v) is 13.0. The van der Waals surface area contributed by atoms with Crippen molar-refractivity contribution in [3.63, 3.8) is 0 Å². The lowest BCUT2D eigenvalue weighted by molar-refractivity contribution is -0.150. The van der Waals surface area contributed by atoms with Crippen LogP contribution in [0.1, 0.15) is 20.8 Å². The normalized spacial score (nSPS) is 37.0. The van der Waals surface area contributed by atoms with E-state index in [-0.39, 0.29) is 45.8 Å². The SMILES string of the molecule is CCB1OC[C@@H]2OB(CC)O[C@H]([C@H]3COB(CC)O3)[C@@H]2O1. The second-order valence-corrected chi connectivity index (χ2v) is 5.73. The number of rotatable bonds is 4. The van der Waals surface area contributed by atoms with E-state index < -0.39 is 0 Å². The fourth-order valence-electron chi connectivity index (χ4n) is 3.05. The van der Waals surface area contributed by atoms with Crippen molar-refractivity contribution in [3.8, 4) is 0 Å². The molecule has 0 amide bonds. The highest BCUT2D eigenvalue weighted by atomic mass is 16.7. The molecule has 9 heteroatoms. The number of hydrogen-bond donors (Lipinski definition) is 0. The summed E-state index contributed by atoms with van der Waals surface area (Å²) in [6.07, 6.45) is 1.93. The van der Waals surface area contributed by atoms with Gasteiger partial charge in [0.2, 0.25) is 0 Å². The predicted octanol–water partition coefficient (Wildman–Crippen LogP) is 1.13. The molecule has 0 N–H and O–H groups in total. The van der Waals surface area contributed by atoms with E-state index in [2.05, 4.69) is 0 Å². The van der Waals surface area contributed by atoms with Crippen LogP contribution in [0.25, 0.3) is 0 Å². The van der Waals surface area contributed by atoms with Gasteiger partial charge in [0.1, 0.15) is 0 Å². The summed E-state index contributed by atoms with van der Waals surface area (Å²) in [7, 11) is -0.559. The minimum absolute atomic E-state index is 0.0965. The van der Waals surface area contributed by atoms with Crippen LogP contribution in [0.15, 0.2) is 0 Å². The third-order valence-electron chi connectivity index (χ3n) is 4.22.